The summed E-state index contributed by atoms with van der Waals surface area (Å²) in [7, 11) is 0. The van der Waals surface area contributed by atoms with E-state index in [4.69, 9.17) is 11.6 Å². The molecule has 20 heavy (non-hydrogen) atoms. The summed E-state index contributed by atoms with van der Waals surface area (Å²) in [6.45, 7) is 0.343. The number of rotatable bonds is 3. The Labute approximate surface area is 120 Å². The van der Waals surface area contributed by atoms with Crippen molar-refractivity contribution in [2.45, 2.75) is 13.2 Å². The van der Waals surface area contributed by atoms with E-state index in [1.165, 1.54) is 18.2 Å². The van der Waals surface area contributed by atoms with Crippen LogP contribution < -0.4 is 0 Å². The van der Waals surface area contributed by atoms with E-state index in [0.29, 0.717) is 17.1 Å². The van der Waals surface area contributed by atoms with Gasteiger partial charge in [0.15, 0.2) is 0 Å². The van der Waals surface area contributed by atoms with Gasteiger partial charge in [-0.15, -0.1) is 0 Å². The number of hydrogen-bond acceptors (Lipinski definition) is 2. The first-order valence-corrected chi connectivity index (χ1v) is 6.54. The summed E-state index contributed by atoms with van der Waals surface area (Å²) >= 11 is 6.09. The molecule has 1 N–H and O–H groups in total. The average molecular weight is 291 g/mol. The molecule has 0 spiro atoms. The van der Waals surface area contributed by atoms with Gasteiger partial charge in [0, 0.05) is 28.4 Å². The van der Waals surface area contributed by atoms with Gasteiger partial charge in [0.2, 0.25) is 0 Å². The van der Waals surface area contributed by atoms with Crippen LogP contribution in [0.3, 0.4) is 0 Å². The molecule has 102 valence electrons. The number of fused-ring (bicyclic) bond motifs is 1. The van der Waals surface area contributed by atoms with E-state index in [0.717, 1.165) is 16.6 Å². The third-order valence-corrected chi connectivity index (χ3v) is 3.60. The van der Waals surface area contributed by atoms with E-state index in [1.54, 1.807) is 6.20 Å². The summed E-state index contributed by atoms with van der Waals surface area (Å²) in [6, 6.07) is 8.00. The summed E-state index contributed by atoms with van der Waals surface area (Å²) in [4.78, 5) is 4.31. The third kappa shape index (κ3) is 2.28. The van der Waals surface area contributed by atoms with Crippen LogP contribution in [0.5, 0.6) is 0 Å². The largest absolute Gasteiger partial charge is 0.392 e. The molecule has 0 aliphatic rings. The van der Waals surface area contributed by atoms with E-state index in [2.05, 4.69) is 4.98 Å². The molecule has 0 bridgehead atoms. The van der Waals surface area contributed by atoms with E-state index in [1.807, 2.05) is 22.9 Å². The normalized spacial score (nSPS) is 11.2. The maximum atomic E-state index is 13.3. The first kappa shape index (κ1) is 13.1. The maximum Gasteiger partial charge on any atom is 0.140 e. The van der Waals surface area contributed by atoms with Crippen LogP contribution in [0.2, 0.25) is 5.02 Å². The quantitative estimate of drug-likeness (QED) is 0.803. The summed E-state index contributed by atoms with van der Waals surface area (Å²) < 4.78 is 15.2. The van der Waals surface area contributed by atoms with Crippen LogP contribution in [-0.4, -0.2) is 14.7 Å². The van der Waals surface area contributed by atoms with Crippen LogP contribution in [0.15, 0.2) is 42.7 Å². The number of hydrogen-bond donors (Lipinski definition) is 1. The fraction of sp³-hybridized carbons (Fsp3) is 0.133. The van der Waals surface area contributed by atoms with E-state index >= 15 is 0 Å². The average Bonchev–Trinajstić information content (AvgIpc) is 2.81. The number of nitrogens with zero attached hydrogens (tertiary/aromatic N) is 2. The first-order valence-electron chi connectivity index (χ1n) is 6.16. The second-order valence-corrected chi connectivity index (χ2v) is 4.96. The fourth-order valence-electron chi connectivity index (χ4n) is 2.29. The van der Waals surface area contributed by atoms with Crippen LogP contribution in [0.4, 0.5) is 4.39 Å². The minimum atomic E-state index is -0.323. The van der Waals surface area contributed by atoms with Crippen LogP contribution in [-0.2, 0) is 13.2 Å². The Morgan fingerprint density at radius 1 is 1.25 bits per heavy atom. The zero-order chi connectivity index (χ0) is 14.1. The number of benzene rings is 1. The molecule has 0 saturated heterocycles. The second kappa shape index (κ2) is 5.23. The number of pyridine rings is 1. The van der Waals surface area contributed by atoms with Gasteiger partial charge in [-0.25, -0.2) is 9.37 Å². The lowest BCUT2D eigenvalue weighted by Crippen LogP contribution is -2.00. The van der Waals surface area contributed by atoms with Gasteiger partial charge in [-0.3, -0.25) is 0 Å². The van der Waals surface area contributed by atoms with Crippen molar-refractivity contribution in [2.75, 3.05) is 0 Å². The smallest absolute Gasteiger partial charge is 0.140 e. The molecular weight excluding hydrogens is 279 g/mol. The molecule has 0 aliphatic heterocycles. The highest BCUT2D eigenvalue weighted by molar-refractivity contribution is 6.31. The number of aromatic nitrogens is 2. The summed E-state index contributed by atoms with van der Waals surface area (Å²) in [5.41, 5.74) is 2.22. The predicted molar refractivity (Wildman–Crippen MR) is 76.2 cm³/mol. The van der Waals surface area contributed by atoms with Gasteiger partial charge in [0.1, 0.15) is 11.5 Å². The first-order chi connectivity index (χ1) is 9.69. The predicted octanol–water partition coefficient (Wildman–Crippen LogP) is 3.37. The van der Waals surface area contributed by atoms with Crippen LogP contribution in [0.1, 0.15) is 11.1 Å². The molecule has 5 heteroatoms. The van der Waals surface area contributed by atoms with Crippen molar-refractivity contribution in [3.05, 3.63) is 64.7 Å². The lowest BCUT2D eigenvalue weighted by molar-refractivity contribution is 0.283. The molecule has 0 aliphatic carbocycles. The fourth-order valence-corrected chi connectivity index (χ4v) is 2.47. The van der Waals surface area contributed by atoms with E-state index < -0.39 is 0 Å². The molecule has 0 unspecified atom stereocenters. The zero-order valence-electron chi connectivity index (χ0n) is 10.6. The van der Waals surface area contributed by atoms with Crippen LogP contribution in [0, 0.1) is 5.82 Å². The minimum Gasteiger partial charge on any atom is -0.392 e. The van der Waals surface area contributed by atoms with Gasteiger partial charge < -0.3 is 9.67 Å². The standard InChI is InChI=1S/C15H12ClFN2O/c16-14-4-3-12(17)6-10(14)7-19-8-11(9-20)13-2-1-5-18-15(13)19/h1-6,8,20H,7,9H2. The van der Waals surface area contributed by atoms with Crippen LogP contribution >= 0.6 is 11.6 Å². The molecule has 0 amide bonds. The molecule has 3 nitrogen and oxygen atoms in total. The molecule has 0 fully saturated rings. The number of halogens is 2. The van der Waals surface area contributed by atoms with Gasteiger partial charge in [-0.05, 0) is 35.9 Å². The van der Waals surface area contributed by atoms with Crippen molar-refractivity contribution in [3.63, 3.8) is 0 Å². The molecule has 0 atom stereocenters. The molecule has 0 saturated carbocycles. The highest BCUT2D eigenvalue weighted by Gasteiger charge is 2.10. The molecule has 2 heterocycles. The van der Waals surface area contributed by atoms with Crippen molar-refractivity contribution < 1.29 is 9.50 Å². The Bertz CT molecular complexity index is 770. The van der Waals surface area contributed by atoms with E-state index in [9.17, 15) is 9.50 Å². The zero-order valence-corrected chi connectivity index (χ0v) is 11.3. The Morgan fingerprint density at radius 3 is 2.90 bits per heavy atom. The summed E-state index contributed by atoms with van der Waals surface area (Å²) in [6.07, 6.45) is 3.51. The topological polar surface area (TPSA) is 38.0 Å². The van der Waals surface area contributed by atoms with Crippen molar-refractivity contribution in [1.29, 1.82) is 0 Å². The van der Waals surface area contributed by atoms with Gasteiger partial charge >= 0.3 is 0 Å². The molecule has 3 aromatic rings. The molecule has 3 rings (SSSR count). The van der Waals surface area contributed by atoms with Gasteiger partial charge in [0.25, 0.3) is 0 Å². The maximum absolute atomic E-state index is 13.3. The molecule has 2 aromatic heterocycles. The molecule has 1 aromatic carbocycles. The highest BCUT2D eigenvalue weighted by atomic mass is 35.5. The number of aliphatic hydroxyl groups is 1. The lowest BCUT2D eigenvalue weighted by Gasteiger charge is -2.07. The Kier molecular flexibility index (Phi) is 3.42. The summed E-state index contributed by atoms with van der Waals surface area (Å²) in [5.74, 6) is -0.323. The summed E-state index contributed by atoms with van der Waals surface area (Å²) in [5, 5.41) is 10.8. The van der Waals surface area contributed by atoms with Gasteiger partial charge in [0.05, 0.1) is 13.2 Å². The Balaban J connectivity index is 2.09. The van der Waals surface area contributed by atoms with Crippen molar-refractivity contribution in [2.24, 2.45) is 0 Å². The van der Waals surface area contributed by atoms with Gasteiger partial charge in [-0.2, -0.15) is 0 Å². The van der Waals surface area contributed by atoms with Gasteiger partial charge in [-0.1, -0.05) is 11.6 Å². The Morgan fingerprint density at radius 2 is 2.10 bits per heavy atom. The Hall–Kier alpha value is -1.91. The monoisotopic (exact) mass is 290 g/mol. The lowest BCUT2D eigenvalue weighted by atomic mass is 10.2. The number of aliphatic hydroxyl groups excluding tert-OH is 1. The SMILES string of the molecule is OCc1cn(Cc2cc(F)ccc2Cl)c2ncccc12. The van der Waals surface area contributed by atoms with Crippen LogP contribution in [0.25, 0.3) is 11.0 Å². The van der Waals surface area contributed by atoms with Crippen molar-refractivity contribution in [3.8, 4) is 0 Å². The molecule has 0 radical (unpaired) electrons. The third-order valence-electron chi connectivity index (χ3n) is 3.24. The highest BCUT2D eigenvalue weighted by Crippen LogP contribution is 2.23. The van der Waals surface area contributed by atoms with Crippen molar-refractivity contribution >= 4 is 22.6 Å². The van der Waals surface area contributed by atoms with Crippen molar-refractivity contribution in [1.82, 2.24) is 9.55 Å². The second-order valence-electron chi connectivity index (χ2n) is 4.55. The molecular formula is C15H12ClFN2O. The minimum absolute atomic E-state index is 0.0634. The van der Waals surface area contributed by atoms with E-state index in [-0.39, 0.29) is 12.4 Å².